The standard InChI is InChI=1S/C22H26F2N6O2S/c1-10-15(20-28-16-11(2)25-9-7-14(16)33-20)19(29-21(26-10)27-12-4-3-5-12)30-22(32)8-6-13(17(22)31)18(23)24/h7,9,12-13,17-18,31-32H,3-6,8H2,1-2H3,(H2,26,27,29,30)/t13-,17+,22+/m0/s1. The molecule has 3 aromatic heterocycles. The zero-order valence-corrected chi connectivity index (χ0v) is 19.2. The number of aromatic nitrogens is 4. The quantitative estimate of drug-likeness (QED) is 0.396. The summed E-state index contributed by atoms with van der Waals surface area (Å²) in [5.74, 6) is -0.660. The summed E-state index contributed by atoms with van der Waals surface area (Å²) in [6.45, 7) is 3.70. The van der Waals surface area contributed by atoms with Gasteiger partial charge in [0.15, 0.2) is 5.72 Å². The topological polar surface area (TPSA) is 116 Å². The number of hydrogen-bond donors (Lipinski definition) is 4. The van der Waals surface area contributed by atoms with Crippen LogP contribution >= 0.6 is 11.3 Å². The van der Waals surface area contributed by atoms with Crippen LogP contribution in [0.5, 0.6) is 0 Å². The van der Waals surface area contributed by atoms with Crippen LogP contribution in [0.2, 0.25) is 0 Å². The second-order valence-corrected chi connectivity index (χ2v) is 9.95. The fourth-order valence-electron chi connectivity index (χ4n) is 4.46. The second kappa shape index (κ2) is 8.37. The molecule has 5 rings (SSSR count). The molecule has 0 amide bonds. The molecule has 2 fully saturated rings. The highest BCUT2D eigenvalue weighted by atomic mass is 32.1. The van der Waals surface area contributed by atoms with E-state index in [9.17, 15) is 19.0 Å². The summed E-state index contributed by atoms with van der Waals surface area (Å²) in [5.41, 5.74) is 0.808. The molecule has 3 atom stereocenters. The van der Waals surface area contributed by atoms with Gasteiger partial charge < -0.3 is 20.8 Å². The third-order valence-corrected chi connectivity index (χ3v) is 7.68. The van der Waals surface area contributed by atoms with Crippen molar-refractivity contribution in [1.29, 1.82) is 0 Å². The van der Waals surface area contributed by atoms with E-state index in [-0.39, 0.29) is 24.7 Å². The summed E-state index contributed by atoms with van der Waals surface area (Å²) in [5, 5.41) is 28.4. The third-order valence-electron chi connectivity index (χ3n) is 6.64. The van der Waals surface area contributed by atoms with Crippen molar-refractivity contribution in [3.8, 4) is 10.6 Å². The van der Waals surface area contributed by atoms with Crippen molar-refractivity contribution < 1.29 is 19.0 Å². The lowest BCUT2D eigenvalue weighted by Crippen LogP contribution is -2.48. The molecule has 0 spiro atoms. The van der Waals surface area contributed by atoms with Gasteiger partial charge in [0.05, 0.1) is 27.6 Å². The molecule has 0 aliphatic heterocycles. The van der Waals surface area contributed by atoms with Crippen molar-refractivity contribution in [2.45, 2.75) is 70.2 Å². The average Bonchev–Trinajstić information content (AvgIpc) is 3.27. The summed E-state index contributed by atoms with van der Waals surface area (Å²) in [6, 6.07) is 2.16. The number of pyridine rings is 1. The number of nitrogens with one attached hydrogen (secondary N) is 2. The number of fused-ring (bicyclic) bond motifs is 1. The van der Waals surface area contributed by atoms with Crippen LogP contribution < -0.4 is 10.6 Å². The molecule has 3 heterocycles. The molecule has 11 heteroatoms. The van der Waals surface area contributed by atoms with E-state index in [4.69, 9.17) is 4.98 Å². The SMILES string of the molecule is Cc1nc(NC2CCC2)nc(N[C@@]2(O)CC[C@H](C(F)F)[C@H]2O)c1-c1nc2c(C)nccc2s1. The first-order valence-electron chi connectivity index (χ1n) is 11.1. The Balaban J connectivity index is 1.58. The van der Waals surface area contributed by atoms with E-state index in [1.165, 1.54) is 11.3 Å². The number of halogens is 2. The number of aliphatic hydroxyl groups is 2. The molecule has 176 valence electrons. The number of thiazole rings is 1. The number of hydrogen-bond acceptors (Lipinski definition) is 9. The Bertz CT molecular complexity index is 1190. The molecule has 0 bridgehead atoms. The first kappa shape index (κ1) is 22.3. The predicted octanol–water partition coefficient (Wildman–Crippen LogP) is 3.87. The van der Waals surface area contributed by atoms with Gasteiger partial charge in [0.1, 0.15) is 22.4 Å². The minimum atomic E-state index is -2.72. The fraction of sp³-hybridized carbons (Fsp3) is 0.545. The van der Waals surface area contributed by atoms with Crippen LogP contribution in [-0.4, -0.2) is 54.4 Å². The van der Waals surface area contributed by atoms with Crippen molar-refractivity contribution in [3.63, 3.8) is 0 Å². The molecule has 33 heavy (non-hydrogen) atoms. The molecule has 3 aromatic rings. The van der Waals surface area contributed by atoms with Gasteiger partial charge in [-0.3, -0.25) is 4.98 Å². The third kappa shape index (κ3) is 4.02. The van der Waals surface area contributed by atoms with Gasteiger partial charge >= 0.3 is 0 Å². The first-order chi connectivity index (χ1) is 15.7. The van der Waals surface area contributed by atoms with Crippen molar-refractivity contribution in [3.05, 3.63) is 23.7 Å². The zero-order chi connectivity index (χ0) is 23.3. The van der Waals surface area contributed by atoms with Crippen LogP contribution in [-0.2, 0) is 0 Å². The number of nitrogens with zero attached hydrogens (tertiary/aromatic N) is 4. The van der Waals surface area contributed by atoms with Gasteiger partial charge in [-0.1, -0.05) is 0 Å². The van der Waals surface area contributed by atoms with E-state index >= 15 is 0 Å². The van der Waals surface area contributed by atoms with E-state index in [0.29, 0.717) is 22.2 Å². The molecular formula is C22H26F2N6O2S. The Morgan fingerprint density at radius 2 is 1.94 bits per heavy atom. The molecule has 0 unspecified atom stereocenters. The summed E-state index contributed by atoms with van der Waals surface area (Å²) in [6.07, 6.45) is 0.519. The second-order valence-electron chi connectivity index (χ2n) is 8.92. The summed E-state index contributed by atoms with van der Waals surface area (Å²) >= 11 is 1.44. The lowest BCUT2D eigenvalue weighted by molar-refractivity contribution is -0.0763. The van der Waals surface area contributed by atoms with Crippen LogP contribution in [0.1, 0.15) is 43.5 Å². The summed E-state index contributed by atoms with van der Waals surface area (Å²) in [4.78, 5) is 18.2. The normalized spacial score (nSPS) is 25.5. The number of aryl methyl sites for hydroxylation is 2. The lowest BCUT2D eigenvalue weighted by Gasteiger charge is -2.31. The van der Waals surface area contributed by atoms with Crippen LogP contribution in [0.15, 0.2) is 12.3 Å². The van der Waals surface area contributed by atoms with Gasteiger partial charge in [0.2, 0.25) is 12.4 Å². The molecule has 0 aromatic carbocycles. The highest BCUT2D eigenvalue weighted by Crippen LogP contribution is 2.42. The van der Waals surface area contributed by atoms with Gasteiger partial charge in [-0.25, -0.2) is 18.7 Å². The maximum Gasteiger partial charge on any atom is 0.244 e. The number of aliphatic hydroxyl groups excluding tert-OH is 1. The van der Waals surface area contributed by atoms with Crippen LogP contribution in [0.3, 0.4) is 0 Å². The summed E-state index contributed by atoms with van der Waals surface area (Å²) < 4.78 is 27.6. The smallest absolute Gasteiger partial charge is 0.244 e. The maximum atomic E-state index is 13.3. The van der Waals surface area contributed by atoms with Gasteiger partial charge in [-0.05, 0) is 52.0 Å². The van der Waals surface area contributed by atoms with Crippen molar-refractivity contribution in [1.82, 2.24) is 19.9 Å². The molecule has 0 saturated heterocycles. The Labute approximate surface area is 193 Å². The number of anilines is 2. The van der Waals surface area contributed by atoms with Crippen LogP contribution in [0, 0.1) is 19.8 Å². The van der Waals surface area contributed by atoms with Gasteiger partial charge in [-0.15, -0.1) is 11.3 Å². The van der Waals surface area contributed by atoms with E-state index in [1.54, 1.807) is 6.20 Å². The molecule has 8 nitrogen and oxygen atoms in total. The summed E-state index contributed by atoms with van der Waals surface area (Å²) in [7, 11) is 0. The minimum absolute atomic E-state index is 0.000908. The first-order valence-corrected chi connectivity index (χ1v) is 11.9. The Morgan fingerprint density at radius 1 is 1.15 bits per heavy atom. The van der Waals surface area contributed by atoms with Gasteiger partial charge in [-0.2, -0.15) is 4.98 Å². The maximum absolute atomic E-state index is 13.3. The van der Waals surface area contributed by atoms with E-state index in [1.807, 2.05) is 19.9 Å². The van der Waals surface area contributed by atoms with Crippen molar-refractivity contribution in [2.24, 2.45) is 5.92 Å². The Kier molecular flexibility index (Phi) is 5.66. The Morgan fingerprint density at radius 3 is 2.58 bits per heavy atom. The highest BCUT2D eigenvalue weighted by molar-refractivity contribution is 7.21. The Hall–Kier alpha value is -2.50. The lowest BCUT2D eigenvalue weighted by atomic mass is 9.93. The van der Waals surface area contributed by atoms with E-state index < -0.39 is 24.2 Å². The molecule has 2 aliphatic carbocycles. The predicted molar refractivity (Wildman–Crippen MR) is 122 cm³/mol. The van der Waals surface area contributed by atoms with Crippen LogP contribution in [0.25, 0.3) is 20.8 Å². The van der Waals surface area contributed by atoms with Crippen molar-refractivity contribution >= 4 is 33.3 Å². The zero-order valence-electron chi connectivity index (χ0n) is 18.3. The molecule has 4 N–H and O–H groups in total. The molecule has 2 aliphatic rings. The van der Waals surface area contributed by atoms with Crippen molar-refractivity contribution in [2.75, 3.05) is 10.6 Å². The van der Waals surface area contributed by atoms with Gasteiger partial charge in [0.25, 0.3) is 0 Å². The molecular weight excluding hydrogens is 450 g/mol. The minimum Gasteiger partial charge on any atom is -0.388 e. The molecule has 0 radical (unpaired) electrons. The van der Waals surface area contributed by atoms with Gasteiger partial charge in [0, 0.05) is 12.2 Å². The number of alkyl halides is 2. The highest BCUT2D eigenvalue weighted by Gasteiger charge is 2.50. The largest absolute Gasteiger partial charge is 0.388 e. The monoisotopic (exact) mass is 476 g/mol. The number of rotatable bonds is 6. The van der Waals surface area contributed by atoms with E-state index in [2.05, 4.69) is 25.6 Å². The van der Waals surface area contributed by atoms with Crippen LogP contribution in [0.4, 0.5) is 20.5 Å². The average molecular weight is 477 g/mol. The van der Waals surface area contributed by atoms with E-state index in [0.717, 1.165) is 35.2 Å². The molecule has 2 saturated carbocycles. The fourth-order valence-corrected chi connectivity index (χ4v) is 5.57.